The number of aryl methyl sites for hydroxylation is 1. The molecule has 0 aliphatic rings. The van der Waals surface area contributed by atoms with Gasteiger partial charge >= 0.3 is 0 Å². The van der Waals surface area contributed by atoms with Crippen LogP contribution in [0.25, 0.3) is 0 Å². The summed E-state index contributed by atoms with van der Waals surface area (Å²) >= 11 is 0. The van der Waals surface area contributed by atoms with E-state index in [2.05, 4.69) is 20.8 Å². The molecule has 0 amide bonds. The van der Waals surface area contributed by atoms with Gasteiger partial charge in [-0.3, -0.25) is 0 Å². The molecule has 17 heavy (non-hydrogen) atoms. The monoisotopic (exact) mass is 261 g/mol. The SMILES string of the molecule is CCNC(C)c1nnnn1CCCS(C)(=O)=O. The molecule has 0 saturated carbocycles. The van der Waals surface area contributed by atoms with Crippen molar-refractivity contribution in [3.05, 3.63) is 5.82 Å². The van der Waals surface area contributed by atoms with Crippen molar-refractivity contribution in [2.45, 2.75) is 32.9 Å². The second-order valence-corrected chi connectivity index (χ2v) is 6.28. The summed E-state index contributed by atoms with van der Waals surface area (Å²) in [7, 11) is -2.92. The summed E-state index contributed by atoms with van der Waals surface area (Å²) < 4.78 is 23.7. The molecule has 0 fully saturated rings. The molecule has 1 aromatic rings. The van der Waals surface area contributed by atoms with Gasteiger partial charge in [0.1, 0.15) is 9.84 Å². The van der Waals surface area contributed by atoms with Crippen molar-refractivity contribution in [2.24, 2.45) is 0 Å². The van der Waals surface area contributed by atoms with Crippen molar-refractivity contribution in [2.75, 3.05) is 18.6 Å². The lowest BCUT2D eigenvalue weighted by Crippen LogP contribution is -2.22. The molecule has 0 saturated heterocycles. The van der Waals surface area contributed by atoms with Gasteiger partial charge in [0.25, 0.3) is 0 Å². The fourth-order valence-corrected chi connectivity index (χ4v) is 2.21. The summed E-state index contributed by atoms with van der Waals surface area (Å²) in [5.41, 5.74) is 0. The number of tetrazole rings is 1. The fraction of sp³-hybridized carbons (Fsp3) is 0.889. The Balaban J connectivity index is 2.57. The standard InChI is InChI=1S/C9H19N5O2S/c1-4-10-8(2)9-11-12-13-14(9)6-5-7-17(3,15)16/h8,10H,4-7H2,1-3H3. The number of nitrogens with zero attached hydrogens (tertiary/aromatic N) is 4. The quantitative estimate of drug-likeness (QED) is 0.729. The molecule has 0 aliphatic carbocycles. The van der Waals surface area contributed by atoms with Gasteiger partial charge in [-0.25, -0.2) is 13.1 Å². The van der Waals surface area contributed by atoms with Gasteiger partial charge in [0.2, 0.25) is 0 Å². The Labute approximate surface area is 102 Å². The van der Waals surface area contributed by atoms with Gasteiger partial charge in [0.15, 0.2) is 5.82 Å². The van der Waals surface area contributed by atoms with Crippen LogP contribution in [0, 0.1) is 0 Å². The van der Waals surface area contributed by atoms with Crippen LogP contribution in [-0.4, -0.2) is 47.2 Å². The third kappa shape index (κ3) is 4.78. The predicted molar refractivity (Wildman–Crippen MR) is 64.2 cm³/mol. The molecule has 7 nitrogen and oxygen atoms in total. The van der Waals surface area contributed by atoms with E-state index in [0.717, 1.165) is 12.4 Å². The minimum Gasteiger partial charge on any atom is -0.308 e. The van der Waals surface area contributed by atoms with Gasteiger partial charge in [0.05, 0.1) is 11.8 Å². The van der Waals surface area contributed by atoms with Crippen molar-refractivity contribution in [3.63, 3.8) is 0 Å². The predicted octanol–water partition coefficient (Wildman–Crippen LogP) is -0.222. The third-order valence-electron chi connectivity index (χ3n) is 2.34. The number of aromatic nitrogens is 4. The normalized spacial score (nSPS) is 13.8. The maximum absolute atomic E-state index is 11.0. The van der Waals surface area contributed by atoms with Crippen molar-refractivity contribution in [3.8, 4) is 0 Å². The molecule has 1 N–H and O–H groups in total. The highest BCUT2D eigenvalue weighted by Gasteiger charge is 2.13. The molecule has 98 valence electrons. The highest BCUT2D eigenvalue weighted by atomic mass is 32.2. The number of sulfone groups is 1. The molecule has 1 unspecified atom stereocenters. The van der Waals surface area contributed by atoms with Crippen LogP contribution in [-0.2, 0) is 16.4 Å². The zero-order chi connectivity index (χ0) is 12.9. The molecular formula is C9H19N5O2S. The van der Waals surface area contributed by atoms with E-state index in [9.17, 15) is 8.42 Å². The van der Waals surface area contributed by atoms with Crippen molar-refractivity contribution in [1.29, 1.82) is 0 Å². The molecule has 1 rings (SSSR count). The molecule has 0 radical (unpaired) electrons. The third-order valence-corrected chi connectivity index (χ3v) is 3.37. The minimum absolute atomic E-state index is 0.0632. The second kappa shape index (κ2) is 6.06. The van der Waals surface area contributed by atoms with Crippen LogP contribution in [0.3, 0.4) is 0 Å². The van der Waals surface area contributed by atoms with E-state index in [4.69, 9.17) is 0 Å². The Morgan fingerprint density at radius 1 is 1.47 bits per heavy atom. The maximum Gasteiger partial charge on any atom is 0.167 e. The average molecular weight is 261 g/mol. The van der Waals surface area contributed by atoms with E-state index >= 15 is 0 Å². The van der Waals surface area contributed by atoms with E-state index in [1.54, 1.807) is 4.68 Å². The van der Waals surface area contributed by atoms with E-state index in [1.807, 2.05) is 13.8 Å². The molecule has 0 aromatic carbocycles. The van der Waals surface area contributed by atoms with Gasteiger partial charge in [-0.05, 0) is 30.3 Å². The van der Waals surface area contributed by atoms with Gasteiger partial charge in [-0.15, -0.1) is 5.10 Å². The summed E-state index contributed by atoms with van der Waals surface area (Å²) in [6, 6.07) is 0.0632. The van der Waals surface area contributed by atoms with Gasteiger partial charge in [0, 0.05) is 12.8 Å². The molecule has 0 spiro atoms. The molecule has 1 heterocycles. The largest absolute Gasteiger partial charge is 0.308 e. The maximum atomic E-state index is 11.0. The molecule has 0 bridgehead atoms. The average Bonchev–Trinajstić information content (AvgIpc) is 2.64. The number of hydrogen-bond acceptors (Lipinski definition) is 6. The first kappa shape index (κ1) is 14.0. The van der Waals surface area contributed by atoms with Gasteiger partial charge < -0.3 is 5.32 Å². The first-order valence-electron chi connectivity index (χ1n) is 5.61. The first-order valence-corrected chi connectivity index (χ1v) is 7.67. The zero-order valence-electron chi connectivity index (χ0n) is 10.4. The smallest absolute Gasteiger partial charge is 0.167 e. The number of nitrogens with one attached hydrogen (secondary N) is 1. The number of hydrogen-bond donors (Lipinski definition) is 1. The molecule has 1 atom stereocenters. The van der Waals surface area contributed by atoms with E-state index < -0.39 is 9.84 Å². The van der Waals surface area contributed by atoms with Crippen LogP contribution in [0.1, 0.15) is 32.1 Å². The summed E-state index contributed by atoms with van der Waals surface area (Å²) in [6.07, 6.45) is 1.75. The summed E-state index contributed by atoms with van der Waals surface area (Å²) in [5, 5.41) is 14.6. The van der Waals surface area contributed by atoms with E-state index in [0.29, 0.717) is 13.0 Å². The lowest BCUT2D eigenvalue weighted by molar-refractivity contribution is 0.490. The van der Waals surface area contributed by atoms with Crippen molar-refractivity contribution >= 4 is 9.84 Å². The Kier molecular flexibility index (Phi) is 5.01. The topological polar surface area (TPSA) is 89.8 Å². The molecular weight excluding hydrogens is 242 g/mol. The molecule has 0 aliphatic heterocycles. The summed E-state index contributed by atoms with van der Waals surface area (Å²) in [5.74, 6) is 0.891. The Morgan fingerprint density at radius 3 is 2.76 bits per heavy atom. The summed E-state index contributed by atoms with van der Waals surface area (Å²) in [4.78, 5) is 0. The second-order valence-electron chi connectivity index (χ2n) is 4.02. The van der Waals surface area contributed by atoms with E-state index in [1.165, 1.54) is 6.26 Å². The first-order chi connectivity index (χ1) is 7.94. The highest BCUT2D eigenvalue weighted by Crippen LogP contribution is 2.07. The summed E-state index contributed by atoms with van der Waals surface area (Å²) in [6.45, 7) is 5.33. The number of rotatable bonds is 7. The Bertz CT molecular complexity index is 442. The molecule has 1 aromatic heterocycles. The van der Waals surface area contributed by atoms with E-state index in [-0.39, 0.29) is 11.8 Å². The zero-order valence-corrected chi connectivity index (χ0v) is 11.2. The van der Waals surface area contributed by atoms with Crippen molar-refractivity contribution < 1.29 is 8.42 Å². The van der Waals surface area contributed by atoms with Crippen LogP contribution in [0.15, 0.2) is 0 Å². The lowest BCUT2D eigenvalue weighted by atomic mass is 10.3. The fourth-order valence-electron chi connectivity index (χ4n) is 1.55. The van der Waals surface area contributed by atoms with Crippen LogP contribution < -0.4 is 5.32 Å². The van der Waals surface area contributed by atoms with Crippen LogP contribution in [0.4, 0.5) is 0 Å². The lowest BCUT2D eigenvalue weighted by Gasteiger charge is -2.11. The highest BCUT2D eigenvalue weighted by molar-refractivity contribution is 7.90. The Morgan fingerprint density at radius 2 is 2.18 bits per heavy atom. The van der Waals surface area contributed by atoms with Crippen LogP contribution in [0.5, 0.6) is 0 Å². The Hall–Kier alpha value is -1.02. The van der Waals surface area contributed by atoms with Gasteiger partial charge in [-0.1, -0.05) is 6.92 Å². The van der Waals surface area contributed by atoms with Gasteiger partial charge in [-0.2, -0.15) is 0 Å². The van der Waals surface area contributed by atoms with Crippen LogP contribution >= 0.6 is 0 Å². The van der Waals surface area contributed by atoms with Crippen molar-refractivity contribution in [1.82, 2.24) is 25.5 Å². The minimum atomic E-state index is -2.92. The van der Waals surface area contributed by atoms with Crippen LogP contribution in [0.2, 0.25) is 0 Å². The molecule has 8 heteroatoms.